The van der Waals surface area contributed by atoms with Gasteiger partial charge in [-0.3, -0.25) is 19.6 Å². The van der Waals surface area contributed by atoms with Crippen LogP contribution < -0.4 is 16.1 Å². The smallest absolute Gasteiger partial charge is 0.468 e. The van der Waals surface area contributed by atoms with Gasteiger partial charge in [0, 0.05) is 12.2 Å². The molecule has 10 heteroatoms. The maximum atomic E-state index is 13.2. The van der Waals surface area contributed by atoms with Gasteiger partial charge in [-0.1, -0.05) is 12.1 Å². The molecular formula is C26H37BN4O5. The molecule has 0 aliphatic carbocycles. The Morgan fingerprint density at radius 2 is 1.86 bits per heavy atom. The summed E-state index contributed by atoms with van der Waals surface area (Å²) in [6, 6.07) is 7.39. The summed E-state index contributed by atoms with van der Waals surface area (Å²) in [4.78, 5) is 25.4. The number of aromatic nitrogens is 2. The highest BCUT2D eigenvalue weighted by Crippen LogP contribution is 2.37. The van der Waals surface area contributed by atoms with E-state index in [-0.39, 0.29) is 17.9 Å². The van der Waals surface area contributed by atoms with E-state index in [1.807, 2.05) is 57.5 Å². The van der Waals surface area contributed by atoms with Crippen LogP contribution in [0.2, 0.25) is 0 Å². The van der Waals surface area contributed by atoms with E-state index >= 15 is 0 Å². The molecule has 2 aliphatic heterocycles. The third kappa shape index (κ3) is 4.81. The van der Waals surface area contributed by atoms with Crippen LogP contribution in [0.25, 0.3) is 0 Å². The van der Waals surface area contributed by atoms with Crippen molar-refractivity contribution in [2.45, 2.75) is 90.6 Å². The topological polar surface area (TPSA) is 104 Å². The molecule has 1 amide bonds. The monoisotopic (exact) mass is 496 g/mol. The Kier molecular flexibility index (Phi) is 6.83. The molecule has 2 N–H and O–H groups in total. The quantitative estimate of drug-likeness (QED) is 0.468. The Morgan fingerprint density at radius 3 is 2.50 bits per heavy atom. The lowest BCUT2D eigenvalue weighted by Gasteiger charge is -2.32. The molecule has 2 aliphatic rings. The Labute approximate surface area is 213 Å². The Balaban J connectivity index is 1.53. The molecule has 1 atom stereocenters. The van der Waals surface area contributed by atoms with Crippen molar-refractivity contribution in [3.05, 3.63) is 41.2 Å². The zero-order valence-electron chi connectivity index (χ0n) is 22.5. The molecule has 1 unspecified atom stereocenters. The van der Waals surface area contributed by atoms with E-state index in [1.165, 1.54) is 7.11 Å². The number of hydrogen-bond donors (Lipinski definition) is 2. The normalized spacial score (nSPS) is 20.7. The molecule has 0 radical (unpaired) electrons. The predicted octanol–water partition coefficient (Wildman–Crippen LogP) is 3.12. The average molecular weight is 496 g/mol. The number of carbonyl (C=O) groups excluding carboxylic acids is 2. The summed E-state index contributed by atoms with van der Waals surface area (Å²) in [5, 5.41) is 10.9. The number of methoxy groups -OCH3 is 1. The molecule has 1 saturated heterocycles. The molecule has 0 bridgehead atoms. The Hall–Kier alpha value is -2.69. The van der Waals surface area contributed by atoms with Gasteiger partial charge in [0.2, 0.25) is 0 Å². The summed E-state index contributed by atoms with van der Waals surface area (Å²) in [5.74, 6) is -0.633. The third-order valence-corrected chi connectivity index (χ3v) is 7.63. The Bertz CT molecular complexity index is 1160. The fourth-order valence-corrected chi connectivity index (χ4v) is 4.69. The second-order valence-electron chi connectivity index (χ2n) is 11.2. The van der Waals surface area contributed by atoms with Gasteiger partial charge in [-0.05, 0) is 84.5 Å². The number of nitrogens with one attached hydrogen (secondary N) is 2. The van der Waals surface area contributed by atoms with Crippen molar-refractivity contribution in [2.75, 3.05) is 12.4 Å². The average Bonchev–Trinajstić information content (AvgIpc) is 3.33. The summed E-state index contributed by atoms with van der Waals surface area (Å²) < 4.78 is 19.2. The number of aryl methyl sites for hydroxylation is 1. The predicted molar refractivity (Wildman–Crippen MR) is 138 cm³/mol. The number of nitrogens with zero attached hydrogens (tertiary/aromatic N) is 2. The molecule has 2 aromatic rings. The lowest BCUT2D eigenvalue weighted by molar-refractivity contribution is -0.147. The van der Waals surface area contributed by atoms with Crippen LogP contribution in [0.3, 0.4) is 0 Å². The van der Waals surface area contributed by atoms with Crippen molar-refractivity contribution in [3.8, 4) is 0 Å². The van der Waals surface area contributed by atoms with Crippen LogP contribution in [0.1, 0.15) is 82.2 Å². The van der Waals surface area contributed by atoms with Gasteiger partial charge in [0.05, 0.1) is 30.0 Å². The molecule has 1 aromatic carbocycles. The molecule has 0 spiro atoms. The van der Waals surface area contributed by atoms with E-state index in [9.17, 15) is 9.59 Å². The fraction of sp³-hybridized carbons (Fsp3) is 0.577. The fourth-order valence-electron chi connectivity index (χ4n) is 4.69. The van der Waals surface area contributed by atoms with Gasteiger partial charge in [0.1, 0.15) is 5.54 Å². The molecule has 0 saturated carbocycles. The van der Waals surface area contributed by atoms with E-state index in [0.717, 1.165) is 36.1 Å². The van der Waals surface area contributed by atoms with E-state index < -0.39 is 23.9 Å². The number of fused-ring (bicyclic) bond motifs is 1. The first kappa shape index (κ1) is 26.4. The minimum Gasteiger partial charge on any atom is -0.468 e. The van der Waals surface area contributed by atoms with Crippen LogP contribution in [0.4, 0.5) is 5.69 Å². The SMILES string of the molecule is COC(=O)C(C)(C)NC1CCCn2nc(C(=O)Nc3cccc(B4OC(C)(C)C(C)(C)O4)c3C)cc21. The minimum atomic E-state index is -0.862. The van der Waals surface area contributed by atoms with Crippen LogP contribution in [0.5, 0.6) is 0 Å². The molecule has 1 aromatic heterocycles. The zero-order valence-corrected chi connectivity index (χ0v) is 22.5. The highest BCUT2D eigenvalue weighted by Gasteiger charge is 2.52. The largest absolute Gasteiger partial charge is 0.495 e. The van der Waals surface area contributed by atoms with Crippen molar-refractivity contribution in [1.82, 2.24) is 15.1 Å². The summed E-state index contributed by atoms with van der Waals surface area (Å²) in [6.07, 6.45) is 1.72. The van der Waals surface area contributed by atoms with Gasteiger partial charge in [-0.2, -0.15) is 5.10 Å². The molecule has 4 rings (SSSR count). The molecule has 1 fully saturated rings. The standard InChI is InChI=1S/C26H37BN4O5/c1-16-17(27-35-25(4,5)26(6,7)36-27)11-9-12-18(16)28-22(32)20-15-21-19(13-10-14-31(21)30-20)29-24(2,3)23(33)34-8/h9,11-12,15,19,29H,10,13-14H2,1-8H3,(H,28,32). The molecule has 3 heterocycles. The van der Waals surface area contributed by atoms with Crippen LogP contribution >= 0.6 is 0 Å². The van der Waals surface area contributed by atoms with Crippen molar-refractivity contribution < 1.29 is 23.6 Å². The van der Waals surface area contributed by atoms with E-state index in [0.29, 0.717) is 11.4 Å². The zero-order chi connectivity index (χ0) is 26.5. The first-order valence-electron chi connectivity index (χ1n) is 12.5. The molecular weight excluding hydrogens is 459 g/mol. The number of hydrogen-bond acceptors (Lipinski definition) is 7. The minimum absolute atomic E-state index is 0.115. The lowest BCUT2D eigenvalue weighted by atomic mass is 9.76. The summed E-state index contributed by atoms with van der Waals surface area (Å²) in [5.41, 5.74) is 1.88. The lowest BCUT2D eigenvalue weighted by Crippen LogP contribution is -2.50. The van der Waals surface area contributed by atoms with Gasteiger partial charge >= 0.3 is 13.1 Å². The number of ether oxygens (including phenoxy) is 1. The van der Waals surface area contributed by atoms with Crippen molar-refractivity contribution in [1.29, 1.82) is 0 Å². The highest BCUT2D eigenvalue weighted by molar-refractivity contribution is 6.62. The van der Waals surface area contributed by atoms with Gasteiger partial charge in [-0.25, -0.2) is 0 Å². The molecule has 194 valence electrons. The highest BCUT2D eigenvalue weighted by atomic mass is 16.7. The van der Waals surface area contributed by atoms with Crippen LogP contribution in [-0.4, -0.2) is 52.6 Å². The van der Waals surface area contributed by atoms with E-state index in [1.54, 1.807) is 19.9 Å². The summed E-state index contributed by atoms with van der Waals surface area (Å²) in [6.45, 7) is 14.3. The second kappa shape index (κ2) is 9.32. The van der Waals surface area contributed by atoms with Crippen molar-refractivity contribution >= 4 is 30.1 Å². The number of amides is 1. The molecule has 9 nitrogen and oxygen atoms in total. The van der Waals surface area contributed by atoms with Gasteiger partial charge in [0.25, 0.3) is 5.91 Å². The van der Waals surface area contributed by atoms with Gasteiger partial charge < -0.3 is 19.4 Å². The summed E-state index contributed by atoms with van der Waals surface area (Å²) >= 11 is 0. The van der Waals surface area contributed by atoms with Crippen LogP contribution in [-0.2, 0) is 25.4 Å². The molecule has 36 heavy (non-hydrogen) atoms. The number of esters is 1. The van der Waals surface area contributed by atoms with Crippen molar-refractivity contribution in [2.24, 2.45) is 0 Å². The Morgan fingerprint density at radius 1 is 1.19 bits per heavy atom. The first-order valence-corrected chi connectivity index (χ1v) is 12.5. The maximum absolute atomic E-state index is 13.2. The number of rotatable bonds is 6. The van der Waals surface area contributed by atoms with Crippen LogP contribution in [0.15, 0.2) is 24.3 Å². The number of anilines is 1. The van der Waals surface area contributed by atoms with Crippen LogP contribution in [0, 0.1) is 6.92 Å². The number of carbonyl (C=O) groups is 2. The third-order valence-electron chi connectivity index (χ3n) is 7.63. The van der Waals surface area contributed by atoms with Gasteiger partial charge in [-0.15, -0.1) is 0 Å². The van der Waals surface area contributed by atoms with E-state index in [4.69, 9.17) is 14.0 Å². The van der Waals surface area contributed by atoms with Crippen molar-refractivity contribution in [3.63, 3.8) is 0 Å². The number of benzene rings is 1. The second-order valence-corrected chi connectivity index (χ2v) is 11.2. The summed E-state index contributed by atoms with van der Waals surface area (Å²) in [7, 11) is 0.861. The maximum Gasteiger partial charge on any atom is 0.495 e. The van der Waals surface area contributed by atoms with Gasteiger partial charge in [0.15, 0.2) is 5.69 Å². The first-order chi connectivity index (χ1) is 16.8. The van der Waals surface area contributed by atoms with E-state index in [2.05, 4.69) is 15.7 Å².